The van der Waals surface area contributed by atoms with E-state index in [9.17, 15) is 9.59 Å². The van der Waals surface area contributed by atoms with Crippen LogP contribution in [0, 0.1) is 11.8 Å². The number of likely N-dealkylation sites (tertiary alicyclic amines) is 1. The molecule has 1 N–H and O–H groups in total. The van der Waals surface area contributed by atoms with Crippen LogP contribution in [0.5, 0.6) is 0 Å². The van der Waals surface area contributed by atoms with Crippen molar-refractivity contribution in [1.29, 1.82) is 0 Å². The number of rotatable bonds is 4. The van der Waals surface area contributed by atoms with E-state index in [0.717, 1.165) is 38.8 Å². The molecule has 2 atom stereocenters. The Morgan fingerprint density at radius 1 is 1.10 bits per heavy atom. The molecule has 120 valence electrons. The molecule has 0 aromatic rings. The van der Waals surface area contributed by atoms with Crippen LogP contribution in [0.1, 0.15) is 65.2 Å². The monoisotopic (exact) mass is 294 g/mol. The quantitative estimate of drug-likeness (QED) is 0.866. The minimum absolute atomic E-state index is 0.165. The van der Waals surface area contributed by atoms with E-state index in [1.165, 1.54) is 19.3 Å². The molecular weight excluding hydrogens is 264 g/mol. The Morgan fingerprint density at radius 3 is 2.43 bits per heavy atom. The van der Waals surface area contributed by atoms with Gasteiger partial charge in [-0.15, -0.1) is 0 Å². The molecule has 0 aromatic heterocycles. The maximum absolute atomic E-state index is 12.3. The van der Waals surface area contributed by atoms with Crippen LogP contribution in [-0.2, 0) is 9.59 Å². The van der Waals surface area contributed by atoms with Gasteiger partial charge in [0.15, 0.2) is 0 Å². The van der Waals surface area contributed by atoms with Gasteiger partial charge in [0.25, 0.3) is 0 Å². The average Bonchev–Trinajstić information content (AvgIpc) is 2.48. The average molecular weight is 294 g/mol. The highest BCUT2D eigenvalue weighted by atomic mass is 16.2. The highest BCUT2D eigenvalue weighted by Crippen LogP contribution is 2.29. The minimum atomic E-state index is 0.165. The van der Waals surface area contributed by atoms with Gasteiger partial charge in [-0.25, -0.2) is 0 Å². The van der Waals surface area contributed by atoms with E-state index in [-0.39, 0.29) is 11.8 Å². The normalized spacial score (nSPS) is 27.4. The lowest BCUT2D eigenvalue weighted by molar-refractivity contribution is -0.132. The topological polar surface area (TPSA) is 49.4 Å². The van der Waals surface area contributed by atoms with E-state index in [1.54, 1.807) is 6.92 Å². The first kappa shape index (κ1) is 16.3. The maximum atomic E-state index is 12.3. The summed E-state index contributed by atoms with van der Waals surface area (Å²) in [5, 5.41) is 3.23. The Labute approximate surface area is 128 Å². The molecule has 1 saturated carbocycles. The van der Waals surface area contributed by atoms with Crippen LogP contribution < -0.4 is 5.32 Å². The molecule has 0 radical (unpaired) electrons. The standard InChI is InChI=1S/C17H30N2O2/c1-3-14-12-19(13(2)20)10-9-15(14)11-17(21)18-16-7-5-4-6-8-16/h14-16H,3-12H2,1-2H3,(H,18,21)/t14-,15-/m0/s1. The molecule has 1 heterocycles. The van der Waals surface area contributed by atoms with Gasteiger partial charge in [0, 0.05) is 32.5 Å². The molecule has 0 unspecified atom stereocenters. The lowest BCUT2D eigenvalue weighted by Crippen LogP contribution is -2.45. The van der Waals surface area contributed by atoms with Crippen LogP contribution in [-0.4, -0.2) is 35.8 Å². The van der Waals surface area contributed by atoms with E-state index in [0.29, 0.717) is 24.3 Å². The molecule has 2 amide bonds. The number of carbonyl (C=O) groups excluding carboxylic acids is 2. The Bertz CT molecular complexity index is 364. The molecule has 2 aliphatic rings. The second kappa shape index (κ2) is 7.81. The van der Waals surface area contributed by atoms with E-state index in [1.807, 2.05) is 4.90 Å². The van der Waals surface area contributed by atoms with Gasteiger partial charge in [-0.2, -0.15) is 0 Å². The SMILES string of the molecule is CC[C@H]1CN(C(C)=O)CC[C@H]1CC(=O)NC1CCCCC1. The predicted molar refractivity (Wildman–Crippen MR) is 83.8 cm³/mol. The van der Waals surface area contributed by atoms with Crippen molar-refractivity contribution < 1.29 is 9.59 Å². The van der Waals surface area contributed by atoms with Gasteiger partial charge in [-0.05, 0) is 31.1 Å². The summed E-state index contributed by atoms with van der Waals surface area (Å²) in [5.41, 5.74) is 0. The van der Waals surface area contributed by atoms with Gasteiger partial charge in [-0.1, -0.05) is 32.6 Å². The summed E-state index contributed by atoms with van der Waals surface area (Å²) < 4.78 is 0. The van der Waals surface area contributed by atoms with Crippen molar-refractivity contribution in [2.45, 2.75) is 71.3 Å². The lowest BCUT2D eigenvalue weighted by atomic mass is 9.81. The molecular formula is C17H30N2O2. The van der Waals surface area contributed by atoms with Crippen molar-refractivity contribution in [1.82, 2.24) is 10.2 Å². The number of hydrogen-bond acceptors (Lipinski definition) is 2. The predicted octanol–water partition coefficient (Wildman–Crippen LogP) is 2.72. The van der Waals surface area contributed by atoms with Crippen LogP contribution in [0.15, 0.2) is 0 Å². The molecule has 1 aliphatic carbocycles. The molecule has 0 bridgehead atoms. The summed E-state index contributed by atoms with van der Waals surface area (Å²) >= 11 is 0. The van der Waals surface area contributed by atoms with Crippen LogP contribution >= 0.6 is 0 Å². The molecule has 2 fully saturated rings. The minimum Gasteiger partial charge on any atom is -0.353 e. The first-order valence-corrected chi connectivity index (χ1v) is 8.65. The molecule has 0 spiro atoms. The molecule has 1 saturated heterocycles. The van der Waals surface area contributed by atoms with Crippen molar-refractivity contribution in [2.24, 2.45) is 11.8 Å². The second-order valence-corrected chi connectivity index (χ2v) is 6.79. The third-order valence-corrected chi connectivity index (χ3v) is 5.28. The molecule has 1 aliphatic heterocycles. The summed E-state index contributed by atoms with van der Waals surface area (Å²) in [4.78, 5) is 25.7. The van der Waals surface area contributed by atoms with Crippen molar-refractivity contribution in [3.63, 3.8) is 0 Å². The van der Waals surface area contributed by atoms with Crippen LogP contribution in [0.25, 0.3) is 0 Å². The first-order valence-electron chi connectivity index (χ1n) is 8.65. The van der Waals surface area contributed by atoms with Gasteiger partial charge < -0.3 is 10.2 Å². The van der Waals surface area contributed by atoms with Gasteiger partial charge in [0.2, 0.25) is 11.8 Å². The summed E-state index contributed by atoms with van der Waals surface area (Å²) in [7, 11) is 0. The summed E-state index contributed by atoms with van der Waals surface area (Å²) in [5.74, 6) is 1.30. The van der Waals surface area contributed by atoms with Gasteiger partial charge in [-0.3, -0.25) is 9.59 Å². The van der Waals surface area contributed by atoms with E-state index in [2.05, 4.69) is 12.2 Å². The molecule has 2 rings (SSSR count). The number of nitrogens with zero attached hydrogens (tertiary/aromatic N) is 1. The number of nitrogens with one attached hydrogen (secondary N) is 1. The highest BCUT2D eigenvalue weighted by Gasteiger charge is 2.31. The van der Waals surface area contributed by atoms with Crippen molar-refractivity contribution in [2.75, 3.05) is 13.1 Å². The van der Waals surface area contributed by atoms with Gasteiger partial charge >= 0.3 is 0 Å². The Hall–Kier alpha value is -1.06. The number of carbonyl (C=O) groups is 2. The Balaban J connectivity index is 1.80. The molecule has 21 heavy (non-hydrogen) atoms. The highest BCUT2D eigenvalue weighted by molar-refractivity contribution is 5.76. The zero-order valence-corrected chi connectivity index (χ0v) is 13.6. The third-order valence-electron chi connectivity index (χ3n) is 5.28. The third kappa shape index (κ3) is 4.72. The van der Waals surface area contributed by atoms with Crippen LogP contribution in [0.3, 0.4) is 0 Å². The smallest absolute Gasteiger partial charge is 0.220 e. The van der Waals surface area contributed by atoms with E-state index < -0.39 is 0 Å². The van der Waals surface area contributed by atoms with Crippen molar-refractivity contribution in [3.05, 3.63) is 0 Å². The Morgan fingerprint density at radius 2 is 1.81 bits per heavy atom. The summed E-state index contributed by atoms with van der Waals surface area (Å²) in [6.45, 7) is 5.45. The fourth-order valence-electron chi connectivity index (χ4n) is 3.87. The Kier molecular flexibility index (Phi) is 6.07. The zero-order chi connectivity index (χ0) is 15.2. The lowest BCUT2D eigenvalue weighted by Gasteiger charge is -2.38. The first-order chi connectivity index (χ1) is 10.1. The largest absolute Gasteiger partial charge is 0.353 e. The van der Waals surface area contributed by atoms with Crippen molar-refractivity contribution in [3.8, 4) is 0 Å². The van der Waals surface area contributed by atoms with Crippen LogP contribution in [0.2, 0.25) is 0 Å². The fraction of sp³-hybridized carbons (Fsp3) is 0.882. The number of hydrogen-bond donors (Lipinski definition) is 1. The zero-order valence-electron chi connectivity index (χ0n) is 13.6. The molecule has 0 aromatic carbocycles. The van der Waals surface area contributed by atoms with Gasteiger partial charge in [0.05, 0.1) is 0 Å². The van der Waals surface area contributed by atoms with E-state index >= 15 is 0 Å². The molecule has 4 nitrogen and oxygen atoms in total. The molecule has 4 heteroatoms. The number of amides is 2. The fourth-order valence-corrected chi connectivity index (χ4v) is 3.87. The summed E-state index contributed by atoms with van der Waals surface area (Å²) in [6.07, 6.45) is 8.76. The second-order valence-electron chi connectivity index (χ2n) is 6.79. The summed E-state index contributed by atoms with van der Waals surface area (Å²) in [6, 6.07) is 0.406. The van der Waals surface area contributed by atoms with Gasteiger partial charge in [0.1, 0.15) is 0 Å². The van der Waals surface area contributed by atoms with Crippen LogP contribution in [0.4, 0.5) is 0 Å². The maximum Gasteiger partial charge on any atom is 0.220 e. The number of piperidine rings is 1. The van der Waals surface area contributed by atoms with Crippen molar-refractivity contribution >= 4 is 11.8 Å². The van der Waals surface area contributed by atoms with E-state index in [4.69, 9.17) is 0 Å².